The Morgan fingerprint density at radius 2 is 0.703 bits per heavy atom. The lowest BCUT2D eigenvalue weighted by atomic mass is 9.67. The van der Waals surface area contributed by atoms with Gasteiger partial charge in [-0.3, -0.25) is 0 Å². The van der Waals surface area contributed by atoms with E-state index in [2.05, 4.69) is 267 Å². The number of benzene rings is 10. The molecule has 0 aliphatic heterocycles. The van der Waals surface area contributed by atoms with Crippen molar-refractivity contribution in [2.24, 2.45) is 0 Å². The van der Waals surface area contributed by atoms with E-state index in [-0.39, 0.29) is 5.41 Å². The van der Waals surface area contributed by atoms with Gasteiger partial charge in [-0.25, -0.2) is 0 Å². The predicted molar refractivity (Wildman–Crippen MR) is 267 cm³/mol. The van der Waals surface area contributed by atoms with E-state index in [4.69, 9.17) is 0 Å². The van der Waals surface area contributed by atoms with Crippen molar-refractivity contribution in [1.29, 1.82) is 0 Å². The van der Waals surface area contributed by atoms with Crippen LogP contribution in [0.15, 0.2) is 255 Å². The minimum absolute atomic E-state index is 0.315. The van der Waals surface area contributed by atoms with Crippen LogP contribution >= 0.6 is 0 Å². The molecule has 1 atom stereocenters. The number of hydrogen-bond donors (Lipinski definition) is 0. The largest absolute Gasteiger partial charge is 0.309 e. The molecule has 2 aliphatic carbocycles. The maximum Gasteiger partial charge on any atom is 0.0714 e. The van der Waals surface area contributed by atoms with Gasteiger partial charge in [0.1, 0.15) is 0 Å². The second-order valence-corrected chi connectivity index (χ2v) is 17.3. The molecule has 302 valence electrons. The molecule has 1 heteroatoms. The molecule has 10 aromatic rings. The van der Waals surface area contributed by atoms with E-state index >= 15 is 0 Å². The van der Waals surface area contributed by atoms with E-state index < -0.39 is 5.41 Å². The van der Waals surface area contributed by atoms with E-state index in [0.717, 1.165) is 17.1 Å². The molecule has 0 spiro atoms. The third-order valence-corrected chi connectivity index (χ3v) is 14.1. The summed E-state index contributed by atoms with van der Waals surface area (Å²) in [6.07, 6.45) is 0. The van der Waals surface area contributed by atoms with Crippen LogP contribution in [0, 0.1) is 0 Å². The molecule has 1 unspecified atom stereocenters. The summed E-state index contributed by atoms with van der Waals surface area (Å²) < 4.78 is 0. The standard InChI is InChI=1S/C63H45N/c1-62(46-24-8-3-9-25-46)56-34-18-14-32-52(56)54-40-38-45(42-58(54)62)51-31-17-21-37-61(51)64(60-36-20-16-30-50(60)44-22-6-2-7-23-44)49-39-41-55-53-33-15-19-35-57(53)63(59(55)43-49,47-26-10-4-11-27-47)48-28-12-5-13-29-48/h2-43H,1H3. The minimum Gasteiger partial charge on any atom is -0.309 e. The zero-order valence-corrected chi connectivity index (χ0v) is 35.7. The van der Waals surface area contributed by atoms with Crippen molar-refractivity contribution in [3.63, 3.8) is 0 Å². The number of rotatable bonds is 8. The van der Waals surface area contributed by atoms with Crippen LogP contribution in [0.2, 0.25) is 0 Å². The minimum atomic E-state index is -0.536. The summed E-state index contributed by atoms with van der Waals surface area (Å²) in [6.45, 7) is 2.40. The molecule has 0 aromatic heterocycles. The summed E-state index contributed by atoms with van der Waals surface area (Å²) in [4.78, 5) is 2.51. The van der Waals surface area contributed by atoms with Crippen molar-refractivity contribution >= 4 is 17.1 Å². The normalized spacial score (nSPS) is 15.1. The van der Waals surface area contributed by atoms with E-state index in [9.17, 15) is 0 Å². The van der Waals surface area contributed by atoms with Crippen molar-refractivity contribution < 1.29 is 0 Å². The average molecular weight is 816 g/mol. The second kappa shape index (κ2) is 15.1. The summed E-state index contributed by atoms with van der Waals surface area (Å²) in [7, 11) is 0. The number of fused-ring (bicyclic) bond motifs is 6. The van der Waals surface area contributed by atoms with E-state index in [0.29, 0.717) is 0 Å². The van der Waals surface area contributed by atoms with Crippen LogP contribution in [0.1, 0.15) is 45.9 Å². The number of hydrogen-bond acceptors (Lipinski definition) is 1. The highest BCUT2D eigenvalue weighted by Crippen LogP contribution is 2.58. The van der Waals surface area contributed by atoms with Crippen molar-refractivity contribution in [2.45, 2.75) is 17.8 Å². The maximum absolute atomic E-state index is 2.51. The molecular formula is C63H45N. The molecule has 0 saturated carbocycles. The van der Waals surface area contributed by atoms with Gasteiger partial charge in [0.25, 0.3) is 0 Å². The first-order valence-corrected chi connectivity index (χ1v) is 22.3. The molecule has 64 heavy (non-hydrogen) atoms. The Hall–Kier alpha value is -8.00. The quantitative estimate of drug-likeness (QED) is 0.148. The Morgan fingerprint density at radius 1 is 0.281 bits per heavy atom. The lowest BCUT2D eigenvalue weighted by Crippen LogP contribution is -2.28. The van der Waals surface area contributed by atoms with Gasteiger partial charge in [0.2, 0.25) is 0 Å². The van der Waals surface area contributed by atoms with Gasteiger partial charge in [0, 0.05) is 22.2 Å². The SMILES string of the molecule is CC1(c2ccccc2)c2ccccc2-c2ccc(-c3ccccc3N(c3ccc4c(c3)C(c3ccccc3)(c3ccccc3)c3ccccc3-4)c3ccccc3-c3ccccc3)cc21. The second-order valence-electron chi connectivity index (χ2n) is 17.3. The fourth-order valence-electron chi connectivity index (χ4n) is 11.2. The molecule has 0 saturated heterocycles. The van der Waals surface area contributed by atoms with Gasteiger partial charge in [-0.15, -0.1) is 0 Å². The molecule has 1 nitrogen and oxygen atoms in total. The maximum atomic E-state index is 2.51. The van der Waals surface area contributed by atoms with Gasteiger partial charge in [0.05, 0.1) is 16.8 Å². The molecule has 0 radical (unpaired) electrons. The number of para-hydroxylation sites is 2. The Balaban J connectivity index is 1.12. The fourth-order valence-corrected chi connectivity index (χ4v) is 11.2. The first-order valence-electron chi connectivity index (χ1n) is 22.3. The van der Waals surface area contributed by atoms with Crippen molar-refractivity contribution in [2.75, 3.05) is 4.90 Å². The zero-order chi connectivity index (χ0) is 42.7. The Bertz CT molecular complexity index is 3300. The lowest BCUT2D eigenvalue weighted by molar-refractivity contribution is 0.714. The topological polar surface area (TPSA) is 3.24 Å². The zero-order valence-electron chi connectivity index (χ0n) is 35.7. The summed E-state index contributed by atoms with van der Waals surface area (Å²) in [6, 6.07) is 94.2. The Labute approximate surface area is 376 Å². The van der Waals surface area contributed by atoms with Crippen LogP contribution in [0.3, 0.4) is 0 Å². The van der Waals surface area contributed by atoms with Crippen LogP contribution < -0.4 is 4.90 Å². The van der Waals surface area contributed by atoms with E-state index in [1.54, 1.807) is 0 Å². The highest BCUT2D eigenvalue weighted by molar-refractivity contribution is 5.97. The van der Waals surface area contributed by atoms with Crippen molar-refractivity contribution in [1.82, 2.24) is 0 Å². The molecule has 12 rings (SSSR count). The molecule has 0 bridgehead atoms. The summed E-state index contributed by atoms with van der Waals surface area (Å²) in [5.74, 6) is 0. The molecule has 2 aliphatic rings. The summed E-state index contributed by atoms with van der Waals surface area (Å²) >= 11 is 0. The smallest absolute Gasteiger partial charge is 0.0714 e. The molecule has 0 amide bonds. The highest BCUT2D eigenvalue weighted by atomic mass is 15.1. The van der Waals surface area contributed by atoms with Crippen LogP contribution in [-0.2, 0) is 10.8 Å². The van der Waals surface area contributed by atoms with Gasteiger partial charge in [-0.05, 0) is 110 Å². The Morgan fingerprint density at radius 3 is 1.31 bits per heavy atom. The van der Waals surface area contributed by atoms with E-state index in [1.165, 1.54) is 83.5 Å². The van der Waals surface area contributed by atoms with Crippen LogP contribution in [-0.4, -0.2) is 0 Å². The molecular weight excluding hydrogens is 771 g/mol. The van der Waals surface area contributed by atoms with Crippen LogP contribution in [0.25, 0.3) is 44.5 Å². The van der Waals surface area contributed by atoms with Gasteiger partial charge in [-0.1, -0.05) is 224 Å². The molecule has 10 aromatic carbocycles. The Kier molecular flexibility index (Phi) is 8.91. The molecule has 0 heterocycles. The van der Waals surface area contributed by atoms with E-state index in [1.807, 2.05) is 0 Å². The first-order chi connectivity index (χ1) is 31.7. The van der Waals surface area contributed by atoms with Crippen LogP contribution in [0.5, 0.6) is 0 Å². The summed E-state index contributed by atoms with van der Waals surface area (Å²) in [5.41, 5.74) is 21.4. The number of anilines is 3. The molecule has 0 N–H and O–H groups in total. The van der Waals surface area contributed by atoms with Gasteiger partial charge >= 0.3 is 0 Å². The van der Waals surface area contributed by atoms with Crippen LogP contribution in [0.4, 0.5) is 17.1 Å². The average Bonchev–Trinajstić information content (AvgIpc) is 3.82. The van der Waals surface area contributed by atoms with Crippen molar-refractivity contribution in [3.05, 3.63) is 294 Å². The highest BCUT2D eigenvalue weighted by Gasteiger charge is 2.46. The predicted octanol–water partition coefficient (Wildman–Crippen LogP) is 16.2. The third-order valence-electron chi connectivity index (χ3n) is 14.1. The van der Waals surface area contributed by atoms with Crippen molar-refractivity contribution in [3.8, 4) is 44.5 Å². The van der Waals surface area contributed by atoms with Gasteiger partial charge < -0.3 is 4.90 Å². The molecule has 0 fully saturated rings. The number of nitrogens with zero attached hydrogens (tertiary/aromatic N) is 1. The lowest BCUT2D eigenvalue weighted by Gasteiger charge is -2.35. The first kappa shape index (κ1) is 37.7. The fraction of sp³-hybridized carbons (Fsp3) is 0.0476. The van der Waals surface area contributed by atoms with Gasteiger partial charge in [0.15, 0.2) is 0 Å². The monoisotopic (exact) mass is 815 g/mol. The van der Waals surface area contributed by atoms with Gasteiger partial charge in [-0.2, -0.15) is 0 Å². The summed E-state index contributed by atoms with van der Waals surface area (Å²) in [5, 5.41) is 0. The third kappa shape index (κ3) is 5.64.